The van der Waals surface area contributed by atoms with Crippen molar-refractivity contribution < 1.29 is 17.9 Å². The van der Waals surface area contributed by atoms with Gasteiger partial charge in [-0.15, -0.1) is 11.8 Å². The molecule has 0 aliphatic rings. The Morgan fingerprint density at radius 3 is 2.60 bits per heavy atom. The van der Waals surface area contributed by atoms with E-state index in [1.54, 1.807) is 24.8 Å². The lowest BCUT2D eigenvalue weighted by molar-refractivity contribution is 0.102. The highest BCUT2D eigenvalue weighted by molar-refractivity contribution is 7.98. The second-order valence-corrected chi connectivity index (χ2v) is 7.67. The highest BCUT2D eigenvalue weighted by atomic mass is 32.2. The number of benzene rings is 2. The number of hydrogen-bond donors (Lipinski definition) is 2. The maximum atomic E-state index is 12.5. The van der Waals surface area contributed by atoms with Gasteiger partial charge in [-0.3, -0.25) is 4.79 Å². The molecule has 0 fully saturated rings. The van der Waals surface area contributed by atoms with E-state index in [4.69, 9.17) is 4.74 Å². The van der Waals surface area contributed by atoms with Crippen molar-refractivity contribution in [2.24, 2.45) is 0 Å². The SMILES string of the molecule is CCNS(=O)(=O)c1cc(C(=O)Nc2cccc(SC)c2)ccc1OC. The number of anilines is 1. The fourth-order valence-corrected chi connectivity index (χ4v) is 3.89. The highest BCUT2D eigenvalue weighted by Gasteiger charge is 2.21. The average molecular weight is 380 g/mol. The van der Waals surface area contributed by atoms with Crippen LogP contribution in [0.3, 0.4) is 0 Å². The lowest BCUT2D eigenvalue weighted by Gasteiger charge is -2.12. The van der Waals surface area contributed by atoms with Crippen LogP contribution in [-0.2, 0) is 10.0 Å². The van der Waals surface area contributed by atoms with Gasteiger partial charge in [-0.1, -0.05) is 13.0 Å². The monoisotopic (exact) mass is 380 g/mol. The number of thioether (sulfide) groups is 1. The number of carbonyl (C=O) groups is 1. The normalized spacial score (nSPS) is 11.2. The van der Waals surface area contributed by atoms with Crippen LogP contribution in [0.4, 0.5) is 5.69 Å². The third-order valence-electron chi connectivity index (χ3n) is 3.38. The summed E-state index contributed by atoms with van der Waals surface area (Å²) in [4.78, 5) is 13.4. The molecule has 2 N–H and O–H groups in total. The quantitative estimate of drug-likeness (QED) is 0.722. The van der Waals surface area contributed by atoms with Crippen LogP contribution in [0.2, 0.25) is 0 Å². The summed E-state index contributed by atoms with van der Waals surface area (Å²) in [5.41, 5.74) is 0.871. The molecule has 6 nitrogen and oxygen atoms in total. The van der Waals surface area contributed by atoms with Gasteiger partial charge >= 0.3 is 0 Å². The Kier molecular flexibility index (Phi) is 6.46. The summed E-state index contributed by atoms with van der Waals surface area (Å²) in [6, 6.07) is 11.7. The predicted octanol–water partition coefficient (Wildman–Crippen LogP) is 2.97. The first kappa shape index (κ1) is 19.3. The van der Waals surface area contributed by atoms with Crippen LogP contribution in [-0.4, -0.2) is 34.2 Å². The van der Waals surface area contributed by atoms with E-state index in [-0.39, 0.29) is 22.8 Å². The minimum absolute atomic E-state index is 0.0673. The van der Waals surface area contributed by atoms with Crippen molar-refractivity contribution in [3.8, 4) is 5.75 Å². The standard InChI is InChI=1S/C17H20N2O4S2/c1-4-18-25(21,22)16-10-12(8-9-15(16)23-2)17(20)19-13-6-5-7-14(11-13)24-3/h5-11,18H,4H2,1-3H3,(H,19,20). The van der Waals surface area contributed by atoms with Gasteiger partial charge in [-0.2, -0.15) is 0 Å². The van der Waals surface area contributed by atoms with Crippen LogP contribution in [0.1, 0.15) is 17.3 Å². The molecule has 134 valence electrons. The van der Waals surface area contributed by atoms with Crippen LogP contribution in [0.5, 0.6) is 5.75 Å². The van der Waals surface area contributed by atoms with Gasteiger partial charge < -0.3 is 10.1 Å². The lowest BCUT2D eigenvalue weighted by atomic mass is 10.2. The summed E-state index contributed by atoms with van der Waals surface area (Å²) in [5.74, 6) is -0.212. The molecular weight excluding hydrogens is 360 g/mol. The van der Waals surface area contributed by atoms with Crippen molar-refractivity contribution in [1.82, 2.24) is 4.72 Å². The van der Waals surface area contributed by atoms with Crippen LogP contribution in [0.15, 0.2) is 52.3 Å². The van der Waals surface area contributed by atoms with Crippen molar-refractivity contribution in [3.05, 3.63) is 48.0 Å². The Morgan fingerprint density at radius 2 is 1.96 bits per heavy atom. The van der Waals surface area contributed by atoms with Gasteiger partial charge in [0.2, 0.25) is 10.0 Å². The maximum absolute atomic E-state index is 12.5. The number of ether oxygens (including phenoxy) is 1. The molecule has 0 saturated carbocycles. The van der Waals surface area contributed by atoms with Crippen molar-refractivity contribution in [2.45, 2.75) is 16.7 Å². The Balaban J connectivity index is 2.34. The van der Waals surface area contributed by atoms with E-state index < -0.39 is 15.9 Å². The zero-order chi connectivity index (χ0) is 18.4. The van der Waals surface area contributed by atoms with Crippen LogP contribution in [0, 0.1) is 0 Å². The van der Waals surface area contributed by atoms with E-state index >= 15 is 0 Å². The van der Waals surface area contributed by atoms with E-state index in [1.807, 2.05) is 24.5 Å². The molecule has 0 heterocycles. The van der Waals surface area contributed by atoms with Gasteiger partial charge in [-0.05, 0) is 42.7 Å². The van der Waals surface area contributed by atoms with E-state index in [0.717, 1.165) is 4.90 Å². The minimum atomic E-state index is -3.75. The smallest absolute Gasteiger partial charge is 0.255 e. The molecular formula is C17H20N2O4S2. The van der Waals surface area contributed by atoms with Crippen molar-refractivity contribution >= 4 is 33.4 Å². The molecule has 0 bridgehead atoms. The topological polar surface area (TPSA) is 84.5 Å². The van der Waals surface area contributed by atoms with E-state index in [0.29, 0.717) is 5.69 Å². The summed E-state index contributed by atoms with van der Waals surface area (Å²) in [6.07, 6.45) is 1.95. The summed E-state index contributed by atoms with van der Waals surface area (Å²) < 4.78 is 32.1. The number of hydrogen-bond acceptors (Lipinski definition) is 5. The van der Waals surface area contributed by atoms with Gasteiger partial charge in [0, 0.05) is 22.7 Å². The molecule has 0 aliphatic carbocycles. The Hall–Kier alpha value is -2.03. The van der Waals surface area contributed by atoms with Crippen LogP contribution < -0.4 is 14.8 Å². The maximum Gasteiger partial charge on any atom is 0.255 e. The number of rotatable bonds is 7. The van der Waals surface area contributed by atoms with Gasteiger partial charge in [0.25, 0.3) is 5.91 Å². The van der Waals surface area contributed by atoms with E-state index in [9.17, 15) is 13.2 Å². The molecule has 2 rings (SSSR count). The predicted molar refractivity (Wildman–Crippen MR) is 100 cm³/mol. The third-order valence-corrected chi connectivity index (χ3v) is 5.67. The van der Waals surface area contributed by atoms with Crippen LogP contribution >= 0.6 is 11.8 Å². The molecule has 0 spiro atoms. The molecule has 8 heteroatoms. The summed E-state index contributed by atoms with van der Waals surface area (Å²) in [7, 11) is -2.37. The van der Waals surface area contributed by atoms with Gasteiger partial charge in [0.15, 0.2) is 0 Å². The first-order chi connectivity index (χ1) is 11.9. The Labute approximate surface area is 152 Å². The zero-order valence-corrected chi connectivity index (χ0v) is 15.8. The highest BCUT2D eigenvalue weighted by Crippen LogP contribution is 2.25. The molecule has 0 aromatic heterocycles. The van der Waals surface area contributed by atoms with Gasteiger partial charge in [0.05, 0.1) is 7.11 Å². The fourth-order valence-electron chi connectivity index (χ4n) is 2.20. The van der Waals surface area contributed by atoms with Crippen LogP contribution in [0.25, 0.3) is 0 Å². The molecule has 1 amide bonds. The number of sulfonamides is 1. The molecule has 25 heavy (non-hydrogen) atoms. The molecule has 0 radical (unpaired) electrons. The molecule has 0 aliphatic heterocycles. The molecule has 2 aromatic carbocycles. The summed E-state index contributed by atoms with van der Waals surface area (Å²) in [5, 5.41) is 2.77. The lowest BCUT2D eigenvalue weighted by Crippen LogP contribution is -2.24. The van der Waals surface area contributed by atoms with Crippen molar-refractivity contribution in [1.29, 1.82) is 0 Å². The molecule has 0 saturated heterocycles. The number of nitrogens with one attached hydrogen (secondary N) is 2. The second kappa shape index (κ2) is 8.37. The first-order valence-corrected chi connectivity index (χ1v) is 10.2. The second-order valence-electron chi connectivity index (χ2n) is 5.05. The summed E-state index contributed by atoms with van der Waals surface area (Å²) in [6.45, 7) is 1.92. The number of carbonyl (C=O) groups excluding carboxylic acids is 1. The molecule has 2 aromatic rings. The fraction of sp³-hybridized carbons (Fsp3) is 0.235. The van der Waals surface area contributed by atoms with Gasteiger partial charge in [-0.25, -0.2) is 13.1 Å². The van der Waals surface area contributed by atoms with Crippen molar-refractivity contribution in [2.75, 3.05) is 25.2 Å². The van der Waals surface area contributed by atoms with E-state index in [1.165, 1.54) is 25.3 Å². The van der Waals surface area contributed by atoms with Gasteiger partial charge in [0.1, 0.15) is 10.6 Å². The van der Waals surface area contributed by atoms with E-state index in [2.05, 4.69) is 10.0 Å². The molecule has 0 atom stereocenters. The third kappa shape index (κ3) is 4.75. The molecule has 0 unspecified atom stereocenters. The Morgan fingerprint density at radius 1 is 1.20 bits per heavy atom. The number of methoxy groups -OCH3 is 1. The first-order valence-electron chi connectivity index (χ1n) is 7.54. The number of amides is 1. The summed E-state index contributed by atoms with van der Waals surface area (Å²) >= 11 is 1.57. The van der Waals surface area contributed by atoms with Crippen molar-refractivity contribution in [3.63, 3.8) is 0 Å². The Bertz CT molecular complexity index is 867. The minimum Gasteiger partial charge on any atom is -0.495 e. The largest absolute Gasteiger partial charge is 0.495 e. The average Bonchev–Trinajstić information content (AvgIpc) is 2.61. The zero-order valence-electron chi connectivity index (χ0n) is 14.2.